The first-order valence-electron chi connectivity index (χ1n) is 13.9. The van der Waals surface area contributed by atoms with E-state index in [2.05, 4.69) is 17.3 Å². The lowest BCUT2D eigenvalue weighted by Gasteiger charge is -2.35. The van der Waals surface area contributed by atoms with E-state index in [0.29, 0.717) is 25.9 Å². The third-order valence-corrected chi connectivity index (χ3v) is 7.67. The van der Waals surface area contributed by atoms with Crippen molar-refractivity contribution in [2.75, 3.05) is 39.8 Å². The summed E-state index contributed by atoms with van der Waals surface area (Å²) in [6, 6.07) is 18.4. The number of hydrogen-bond acceptors (Lipinski definition) is 6. The molecule has 0 aliphatic carbocycles. The number of amides is 1. The maximum atomic E-state index is 13.5. The van der Waals surface area contributed by atoms with Crippen molar-refractivity contribution in [2.45, 2.75) is 44.7 Å². The number of aryl methyl sites for hydroxylation is 1. The molecule has 0 saturated carbocycles. The van der Waals surface area contributed by atoms with Gasteiger partial charge in [-0.1, -0.05) is 55.5 Å². The molecule has 0 spiro atoms. The number of nitrogens with two attached hydrogens (primary N) is 3. The number of rotatable bonds is 16. The molecule has 0 aliphatic rings. The molecular weight excluding hydrogens is 488 g/mol. The molecule has 8 nitrogen and oxygen atoms in total. The van der Waals surface area contributed by atoms with Gasteiger partial charge in [-0.15, -0.1) is 0 Å². The standard InChI is InChI=1S/C31H44N6O2/c1-23(14-17-37(2,18-15-32)19-16-33)30(34)31(39)36-28(13-12-24-8-4-3-5-9-24)29(38)21-25-20-26-10-6-7-11-27(26)35-22-25/h3-11,20,22-23,28,30H,12-19,21,32-34H2,1-2H3/p+1/t23-,28-,30-/m0/s1. The third kappa shape index (κ3) is 9.21. The summed E-state index contributed by atoms with van der Waals surface area (Å²) < 4.78 is 0.754. The maximum Gasteiger partial charge on any atom is 0.237 e. The largest absolute Gasteiger partial charge is 0.345 e. The van der Waals surface area contributed by atoms with Crippen molar-refractivity contribution in [1.29, 1.82) is 0 Å². The third-order valence-electron chi connectivity index (χ3n) is 7.67. The Kier molecular flexibility index (Phi) is 11.6. The quantitative estimate of drug-likeness (QED) is 0.208. The van der Waals surface area contributed by atoms with Crippen LogP contribution in [0.4, 0.5) is 0 Å². The zero-order valence-electron chi connectivity index (χ0n) is 23.4. The van der Waals surface area contributed by atoms with E-state index >= 15 is 0 Å². The van der Waals surface area contributed by atoms with Gasteiger partial charge in [0.2, 0.25) is 5.91 Å². The van der Waals surface area contributed by atoms with Crippen LogP contribution in [0, 0.1) is 5.92 Å². The van der Waals surface area contributed by atoms with Crippen molar-refractivity contribution < 1.29 is 14.1 Å². The number of benzene rings is 2. The number of carbonyl (C=O) groups excluding carboxylic acids is 2. The predicted octanol–water partition coefficient (Wildman–Crippen LogP) is 2.18. The van der Waals surface area contributed by atoms with E-state index in [-0.39, 0.29) is 24.0 Å². The molecule has 0 saturated heterocycles. The van der Waals surface area contributed by atoms with Crippen molar-refractivity contribution in [1.82, 2.24) is 10.3 Å². The number of ketones is 1. The number of nitrogens with one attached hydrogen (secondary N) is 1. The fraction of sp³-hybridized carbons (Fsp3) is 0.452. The van der Waals surface area contributed by atoms with Gasteiger partial charge in [-0.25, -0.2) is 0 Å². The Morgan fingerprint density at radius 1 is 0.923 bits per heavy atom. The van der Waals surface area contributed by atoms with Gasteiger partial charge in [-0.3, -0.25) is 14.6 Å². The highest BCUT2D eigenvalue weighted by atomic mass is 16.2. The van der Waals surface area contributed by atoms with Gasteiger partial charge < -0.3 is 27.0 Å². The number of carbonyl (C=O) groups is 2. The summed E-state index contributed by atoms with van der Waals surface area (Å²) in [6.45, 7) is 5.63. The Bertz CT molecular complexity index is 1200. The zero-order chi connectivity index (χ0) is 28.3. The average Bonchev–Trinajstić information content (AvgIpc) is 2.94. The molecule has 1 amide bonds. The number of fused-ring (bicyclic) bond motifs is 1. The summed E-state index contributed by atoms with van der Waals surface area (Å²) in [7, 11) is 2.14. The first kappa shape index (κ1) is 30.4. The molecular formula is C31H45N6O2+. The van der Waals surface area contributed by atoms with Crippen LogP contribution in [0.25, 0.3) is 10.9 Å². The van der Waals surface area contributed by atoms with E-state index in [9.17, 15) is 9.59 Å². The molecule has 1 heterocycles. The Hall–Kier alpha value is -3.17. The number of aromatic nitrogens is 1. The van der Waals surface area contributed by atoms with Crippen molar-refractivity contribution in [3.05, 3.63) is 78.0 Å². The molecule has 3 atom stereocenters. The molecule has 210 valence electrons. The van der Waals surface area contributed by atoms with Crippen LogP contribution in [0.3, 0.4) is 0 Å². The molecule has 0 unspecified atom stereocenters. The summed E-state index contributed by atoms with van der Waals surface area (Å²) >= 11 is 0. The Morgan fingerprint density at radius 2 is 1.59 bits per heavy atom. The smallest absolute Gasteiger partial charge is 0.237 e. The Labute approximate surface area is 232 Å². The van der Waals surface area contributed by atoms with E-state index < -0.39 is 12.1 Å². The topological polar surface area (TPSA) is 137 Å². The lowest BCUT2D eigenvalue weighted by Crippen LogP contribution is -2.53. The van der Waals surface area contributed by atoms with Crippen LogP contribution >= 0.6 is 0 Å². The molecule has 2 aromatic carbocycles. The predicted molar refractivity (Wildman–Crippen MR) is 158 cm³/mol. The number of hydrogen-bond donors (Lipinski definition) is 4. The van der Waals surface area contributed by atoms with Gasteiger partial charge in [-0.05, 0) is 42.0 Å². The van der Waals surface area contributed by atoms with E-state index in [1.807, 2.05) is 67.6 Å². The highest BCUT2D eigenvalue weighted by molar-refractivity contribution is 5.92. The monoisotopic (exact) mass is 533 g/mol. The first-order valence-corrected chi connectivity index (χ1v) is 13.9. The van der Waals surface area contributed by atoms with Gasteiger partial charge in [0.1, 0.15) is 0 Å². The van der Waals surface area contributed by atoms with E-state index in [1.165, 1.54) is 0 Å². The van der Waals surface area contributed by atoms with Gasteiger partial charge in [0.15, 0.2) is 5.78 Å². The van der Waals surface area contributed by atoms with Crippen LogP contribution in [0.5, 0.6) is 0 Å². The number of nitrogens with zero attached hydrogens (tertiary/aromatic N) is 2. The molecule has 0 radical (unpaired) electrons. The van der Waals surface area contributed by atoms with Gasteiger partial charge in [-0.2, -0.15) is 0 Å². The van der Waals surface area contributed by atoms with Gasteiger partial charge in [0, 0.05) is 37.5 Å². The molecule has 1 aromatic heterocycles. The molecule has 0 fully saturated rings. The summed E-state index contributed by atoms with van der Waals surface area (Å²) in [5.74, 6) is -0.406. The minimum absolute atomic E-state index is 0.0497. The minimum Gasteiger partial charge on any atom is -0.345 e. The zero-order valence-corrected chi connectivity index (χ0v) is 23.4. The maximum absolute atomic E-state index is 13.5. The van der Waals surface area contributed by atoms with Crippen LogP contribution < -0.4 is 22.5 Å². The van der Waals surface area contributed by atoms with Crippen molar-refractivity contribution in [3.63, 3.8) is 0 Å². The lowest BCUT2D eigenvalue weighted by atomic mass is 9.95. The normalized spacial score (nSPS) is 14.1. The van der Waals surface area contributed by atoms with Gasteiger partial charge >= 0.3 is 0 Å². The fourth-order valence-corrected chi connectivity index (χ4v) is 4.99. The summed E-state index contributed by atoms with van der Waals surface area (Å²) in [6.07, 6.45) is 3.86. The lowest BCUT2D eigenvalue weighted by molar-refractivity contribution is -0.907. The van der Waals surface area contributed by atoms with E-state index in [1.54, 1.807) is 6.20 Å². The minimum atomic E-state index is -0.719. The van der Waals surface area contributed by atoms with Crippen LogP contribution in [-0.2, 0) is 22.4 Å². The molecule has 3 rings (SSSR count). The summed E-state index contributed by atoms with van der Waals surface area (Å²) in [5, 5.41) is 3.98. The van der Waals surface area contributed by atoms with Crippen LogP contribution in [0.2, 0.25) is 0 Å². The van der Waals surface area contributed by atoms with E-state index in [4.69, 9.17) is 17.2 Å². The molecule has 8 heteroatoms. The first-order chi connectivity index (χ1) is 18.7. The molecule has 7 N–H and O–H groups in total. The number of quaternary nitrogens is 1. The summed E-state index contributed by atoms with van der Waals surface area (Å²) in [5.41, 5.74) is 20.9. The fourth-order valence-electron chi connectivity index (χ4n) is 4.99. The van der Waals surface area contributed by atoms with Crippen molar-refractivity contribution in [2.24, 2.45) is 23.1 Å². The van der Waals surface area contributed by atoms with E-state index in [0.717, 1.165) is 52.6 Å². The number of pyridine rings is 1. The van der Waals surface area contributed by atoms with Crippen molar-refractivity contribution in [3.8, 4) is 0 Å². The van der Waals surface area contributed by atoms with Crippen molar-refractivity contribution >= 4 is 22.6 Å². The number of likely N-dealkylation sites (N-methyl/N-ethyl adjacent to an activating group) is 1. The van der Waals surface area contributed by atoms with Crippen LogP contribution in [0.1, 0.15) is 30.9 Å². The second kappa shape index (κ2) is 14.8. The van der Waals surface area contributed by atoms with Crippen LogP contribution in [-0.4, -0.2) is 73.0 Å². The Balaban J connectivity index is 1.68. The molecule has 39 heavy (non-hydrogen) atoms. The highest BCUT2D eigenvalue weighted by Crippen LogP contribution is 2.16. The van der Waals surface area contributed by atoms with Crippen LogP contribution in [0.15, 0.2) is 66.9 Å². The number of para-hydroxylation sites is 1. The summed E-state index contributed by atoms with van der Waals surface area (Å²) in [4.78, 5) is 31.2. The number of Topliss-reactive ketones (excluding diaryl/α,β-unsaturated/α-hetero) is 1. The Morgan fingerprint density at radius 3 is 2.28 bits per heavy atom. The second-order valence-electron chi connectivity index (χ2n) is 10.9. The SMILES string of the molecule is C[C@@H](CC[N+](C)(CCN)CCN)[C@H](N)C(=O)N[C@@H](CCc1ccccc1)C(=O)Cc1cnc2ccccc2c1. The highest BCUT2D eigenvalue weighted by Gasteiger charge is 2.29. The average molecular weight is 534 g/mol. The molecule has 0 aliphatic heterocycles. The second-order valence-corrected chi connectivity index (χ2v) is 10.9. The molecule has 0 bridgehead atoms. The van der Waals surface area contributed by atoms with Gasteiger partial charge in [0.05, 0.1) is 44.3 Å². The van der Waals surface area contributed by atoms with Gasteiger partial charge in [0.25, 0.3) is 0 Å². The molecule has 3 aromatic rings.